The van der Waals surface area contributed by atoms with Crippen LogP contribution in [0.15, 0.2) is 41.4 Å². The van der Waals surface area contributed by atoms with Crippen LogP contribution in [0.1, 0.15) is 16.8 Å². The molecular weight excluding hydrogens is 264 g/mol. The Bertz CT molecular complexity index is 588. The summed E-state index contributed by atoms with van der Waals surface area (Å²) in [4.78, 5) is 4.40. The zero-order chi connectivity index (χ0) is 13.0. The van der Waals surface area contributed by atoms with Crippen molar-refractivity contribution in [1.82, 2.24) is 4.98 Å². The van der Waals surface area contributed by atoms with E-state index in [9.17, 15) is 0 Å². The largest absolute Gasteiger partial charge is 0.247 e. The van der Waals surface area contributed by atoms with Crippen LogP contribution in [0.5, 0.6) is 0 Å². The molecule has 90 valence electrons. The summed E-state index contributed by atoms with van der Waals surface area (Å²) < 4.78 is 0. The zero-order valence-electron chi connectivity index (χ0n) is 9.85. The second kappa shape index (κ2) is 5.90. The van der Waals surface area contributed by atoms with Crippen LogP contribution in [-0.4, -0.2) is 4.98 Å². The quantitative estimate of drug-likeness (QED) is 0.787. The van der Waals surface area contributed by atoms with E-state index in [1.54, 1.807) is 17.8 Å². The first-order valence-corrected chi connectivity index (χ1v) is 6.80. The third-order valence-electron chi connectivity index (χ3n) is 2.36. The number of pyridine rings is 1. The van der Waals surface area contributed by atoms with Crippen molar-refractivity contribution >= 4 is 23.4 Å². The van der Waals surface area contributed by atoms with Crippen molar-refractivity contribution in [2.75, 3.05) is 0 Å². The van der Waals surface area contributed by atoms with E-state index in [-0.39, 0.29) is 0 Å². The first-order chi connectivity index (χ1) is 8.67. The lowest BCUT2D eigenvalue weighted by Crippen LogP contribution is -1.88. The van der Waals surface area contributed by atoms with Crippen LogP contribution in [0, 0.1) is 18.3 Å². The van der Waals surface area contributed by atoms with Gasteiger partial charge in [0.05, 0.1) is 16.7 Å². The van der Waals surface area contributed by atoms with Gasteiger partial charge < -0.3 is 0 Å². The van der Waals surface area contributed by atoms with Gasteiger partial charge in [-0.1, -0.05) is 23.7 Å². The molecule has 1 aromatic heterocycles. The number of nitrogens with zero attached hydrogens (tertiary/aromatic N) is 2. The van der Waals surface area contributed by atoms with Gasteiger partial charge in [-0.3, -0.25) is 0 Å². The molecule has 0 N–H and O–H groups in total. The predicted octanol–water partition coefficient (Wildman–Crippen LogP) is 4.21. The number of nitriles is 1. The SMILES string of the molecule is Cc1cc(C#N)cc(SCc2ccc(Cl)cc2)n1. The Kier molecular flexibility index (Phi) is 4.24. The lowest BCUT2D eigenvalue weighted by atomic mass is 10.2. The van der Waals surface area contributed by atoms with Crippen molar-refractivity contribution in [2.24, 2.45) is 0 Å². The van der Waals surface area contributed by atoms with Gasteiger partial charge in [0.25, 0.3) is 0 Å². The molecule has 4 heteroatoms. The van der Waals surface area contributed by atoms with Crippen molar-refractivity contribution in [1.29, 1.82) is 5.26 Å². The highest BCUT2D eigenvalue weighted by molar-refractivity contribution is 7.98. The van der Waals surface area contributed by atoms with Gasteiger partial charge in [0.15, 0.2) is 0 Å². The van der Waals surface area contributed by atoms with Gasteiger partial charge in [0.1, 0.15) is 0 Å². The predicted molar refractivity (Wildman–Crippen MR) is 74.7 cm³/mol. The van der Waals surface area contributed by atoms with Crippen LogP contribution in [0.2, 0.25) is 5.02 Å². The summed E-state index contributed by atoms with van der Waals surface area (Å²) >= 11 is 7.45. The molecule has 0 unspecified atom stereocenters. The average Bonchev–Trinajstić information content (AvgIpc) is 2.37. The Morgan fingerprint density at radius 1 is 1.28 bits per heavy atom. The Balaban J connectivity index is 2.08. The Hall–Kier alpha value is -1.50. The average molecular weight is 275 g/mol. The molecule has 0 atom stereocenters. The summed E-state index contributed by atoms with van der Waals surface area (Å²) in [6.07, 6.45) is 0. The smallest absolute Gasteiger partial charge is 0.0993 e. The highest BCUT2D eigenvalue weighted by Gasteiger charge is 2.01. The molecule has 2 nitrogen and oxygen atoms in total. The third-order valence-corrected chi connectivity index (χ3v) is 3.59. The Labute approximate surface area is 116 Å². The molecule has 0 fully saturated rings. The molecule has 0 radical (unpaired) electrons. The molecule has 1 aromatic carbocycles. The summed E-state index contributed by atoms with van der Waals surface area (Å²) in [7, 11) is 0. The Morgan fingerprint density at radius 2 is 2.00 bits per heavy atom. The molecule has 0 spiro atoms. The first-order valence-electron chi connectivity index (χ1n) is 5.43. The van der Waals surface area contributed by atoms with Crippen LogP contribution in [0.4, 0.5) is 0 Å². The monoisotopic (exact) mass is 274 g/mol. The van der Waals surface area contributed by atoms with Crippen LogP contribution < -0.4 is 0 Å². The summed E-state index contributed by atoms with van der Waals surface area (Å²) in [6, 6.07) is 13.5. The van der Waals surface area contributed by atoms with E-state index in [1.807, 2.05) is 37.3 Å². The van der Waals surface area contributed by atoms with E-state index in [2.05, 4.69) is 11.1 Å². The van der Waals surface area contributed by atoms with E-state index in [4.69, 9.17) is 16.9 Å². The summed E-state index contributed by atoms with van der Waals surface area (Å²) in [5, 5.41) is 10.5. The number of benzene rings is 1. The maximum atomic E-state index is 8.90. The van der Waals surface area contributed by atoms with Gasteiger partial charge in [-0.05, 0) is 36.8 Å². The van der Waals surface area contributed by atoms with Crippen LogP contribution >= 0.6 is 23.4 Å². The molecule has 2 rings (SSSR count). The van der Waals surface area contributed by atoms with Gasteiger partial charge in [-0.2, -0.15) is 5.26 Å². The van der Waals surface area contributed by atoms with Gasteiger partial charge >= 0.3 is 0 Å². The van der Waals surface area contributed by atoms with E-state index >= 15 is 0 Å². The van der Waals surface area contributed by atoms with Crippen LogP contribution in [0.3, 0.4) is 0 Å². The normalized spacial score (nSPS) is 10.1. The van der Waals surface area contributed by atoms with Gasteiger partial charge in [0.2, 0.25) is 0 Å². The number of hydrogen-bond donors (Lipinski definition) is 0. The number of rotatable bonds is 3. The van der Waals surface area contributed by atoms with E-state index in [1.165, 1.54) is 5.56 Å². The molecule has 0 aliphatic rings. The van der Waals surface area contributed by atoms with Crippen molar-refractivity contribution in [3.8, 4) is 6.07 Å². The van der Waals surface area contributed by atoms with Gasteiger partial charge in [-0.25, -0.2) is 4.98 Å². The minimum atomic E-state index is 0.654. The van der Waals surface area contributed by atoms with E-state index < -0.39 is 0 Å². The second-order valence-corrected chi connectivity index (χ2v) is 5.29. The lowest BCUT2D eigenvalue weighted by molar-refractivity contribution is 1.06. The lowest BCUT2D eigenvalue weighted by Gasteiger charge is -2.03. The standard InChI is InChI=1S/C14H11ClN2S/c1-10-6-12(8-16)7-14(17-10)18-9-11-2-4-13(15)5-3-11/h2-7H,9H2,1H3. The highest BCUT2D eigenvalue weighted by Crippen LogP contribution is 2.23. The first kappa shape index (κ1) is 12.9. The fourth-order valence-electron chi connectivity index (χ4n) is 1.51. The molecule has 2 aromatic rings. The fraction of sp³-hybridized carbons (Fsp3) is 0.143. The topological polar surface area (TPSA) is 36.7 Å². The molecule has 1 heterocycles. The molecule has 0 bridgehead atoms. The summed E-state index contributed by atoms with van der Waals surface area (Å²) in [6.45, 7) is 1.90. The fourth-order valence-corrected chi connectivity index (χ4v) is 2.57. The molecule has 18 heavy (non-hydrogen) atoms. The Morgan fingerprint density at radius 3 is 2.67 bits per heavy atom. The number of aromatic nitrogens is 1. The van der Waals surface area contributed by atoms with Crippen molar-refractivity contribution in [2.45, 2.75) is 17.7 Å². The maximum absolute atomic E-state index is 8.90. The third kappa shape index (κ3) is 3.49. The van der Waals surface area contributed by atoms with E-state index in [0.29, 0.717) is 5.56 Å². The van der Waals surface area contributed by atoms with E-state index in [0.717, 1.165) is 21.5 Å². The number of hydrogen-bond acceptors (Lipinski definition) is 3. The molecule has 0 aliphatic carbocycles. The van der Waals surface area contributed by atoms with Crippen molar-refractivity contribution in [3.63, 3.8) is 0 Å². The highest BCUT2D eigenvalue weighted by atomic mass is 35.5. The number of thioether (sulfide) groups is 1. The maximum Gasteiger partial charge on any atom is 0.0993 e. The molecule has 0 amide bonds. The van der Waals surface area contributed by atoms with Crippen molar-refractivity contribution < 1.29 is 0 Å². The van der Waals surface area contributed by atoms with Crippen molar-refractivity contribution in [3.05, 3.63) is 58.2 Å². The zero-order valence-corrected chi connectivity index (χ0v) is 11.4. The minimum Gasteiger partial charge on any atom is -0.247 e. The number of halogens is 1. The van der Waals surface area contributed by atoms with Crippen LogP contribution in [-0.2, 0) is 5.75 Å². The van der Waals surface area contributed by atoms with Crippen LogP contribution in [0.25, 0.3) is 0 Å². The summed E-state index contributed by atoms with van der Waals surface area (Å²) in [5.74, 6) is 0.818. The van der Waals surface area contributed by atoms with Gasteiger partial charge in [-0.15, -0.1) is 11.8 Å². The molecule has 0 aliphatic heterocycles. The van der Waals surface area contributed by atoms with Gasteiger partial charge in [0, 0.05) is 16.5 Å². The molecular formula is C14H11ClN2S. The second-order valence-electron chi connectivity index (χ2n) is 3.86. The summed E-state index contributed by atoms with van der Waals surface area (Å²) in [5.41, 5.74) is 2.71. The number of aryl methyl sites for hydroxylation is 1. The molecule has 0 saturated carbocycles. The minimum absolute atomic E-state index is 0.654. The molecule has 0 saturated heterocycles.